The van der Waals surface area contributed by atoms with Crippen molar-refractivity contribution in [3.8, 4) is 0 Å². The van der Waals surface area contributed by atoms with Gasteiger partial charge in [0, 0.05) is 17.7 Å². The van der Waals surface area contributed by atoms with Crippen LogP contribution in [0.25, 0.3) is 22.4 Å². The number of H-pyrrole nitrogens is 1. The number of nitrogens with zero attached hydrogens (tertiary/aromatic N) is 2. The van der Waals surface area contributed by atoms with Gasteiger partial charge in [-0.25, -0.2) is 9.97 Å². The highest BCUT2D eigenvalue weighted by molar-refractivity contribution is 5.82. The first-order chi connectivity index (χ1) is 7.63. The normalized spacial score (nSPS) is 12.0. The third-order valence-electron chi connectivity index (χ3n) is 2.65. The highest BCUT2D eigenvalue weighted by atomic mass is 16.3. The van der Waals surface area contributed by atoms with Crippen molar-refractivity contribution in [3.05, 3.63) is 23.6 Å². The number of furan rings is 1. The predicted octanol–water partition coefficient (Wildman–Crippen LogP) is 3.14. The molecular weight excluding hydrogens is 202 g/mol. The molecule has 3 aromatic rings. The minimum absolute atomic E-state index is 0.357. The summed E-state index contributed by atoms with van der Waals surface area (Å²) < 4.78 is 5.66. The second-order valence-electron chi connectivity index (χ2n) is 4.40. The summed E-state index contributed by atoms with van der Waals surface area (Å²) in [5, 5.41) is 0. The number of aromatic nitrogens is 3. The Hall–Kier alpha value is -1.84. The molecule has 0 fully saturated rings. The lowest BCUT2D eigenvalue weighted by atomic mass is 10.2. The Morgan fingerprint density at radius 3 is 2.75 bits per heavy atom. The fourth-order valence-corrected chi connectivity index (χ4v) is 1.80. The van der Waals surface area contributed by atoms with Crippen molar-refractivity contribution < 1.29 is 4.42 Å². The third kappa shape index (κ3) is 1.30. The van der Waals surface area contributed by atoms with Gasteiger partial charge in [0.25, 0.3) is 0 Å². The van der Waals surface area contributed by atoms with Crippen molar-refractivity contribution in [2.24, 2.45) is 0 Å². The van der Waals surface area contributed by atoms with Crippen molar-refractivity contribution in [2.45, 2.75) is 26.7 Å². The van der Waals surface area contributed by atoms with Crippen molar-refractivity contribution >= 4 is 22.4 Å². The van der Waals surface area contributed by atoms with Gasteiger partial charge in [-0.05, 0) is 13.0 Å². The second-order valence-corrected chi connectivity index (χ2v) is 4.40. The Bertz CT molecular complexity index is 612. The highest BCUT2D eigenvalue weighted by Gasteiger charge is 2.11. The van der Waals surface area contributed by atoms with E-state index >= 15 is 0 Å². The van der Waals surface area contributed by atoms with Crippen LogP contribution in [0.15, 0.2) is 16.5 Å². The smallest absolute Gasteiger partial charge is 0.246 e. The molecule has 3 heterocycles. The standard InChI is InChI=1S/C12H13N3O/c1-6(2)10-5-9-12(16-10)15-8-4-7(3)13-11(8)14-9/h4-6H,1-3H3,(H,13,14). The lowest BCUT2D eigenvalue weighted by Crippen LogP contribution is -1.80. The molecule has 0 unspecified atom stereocenters. The summed E-state index contributed by atoms with van der Waals surface area (Å²) in [6.45, 7) is 6.17. The van der Waals surface area contributed by atoms with Crippen LogP contribution in [-0.2, 0) is 0 Å². The summed E-state index contributed by atoms with van der Waals surface area (Å²) >= 11 is 0. The number of aromatic amines is 1. The van der Waals surface area contributed by atoms with E-state index in [0.29, 0.717) is 11.6 Å². The quantitative estimate of drug-likeness (QED) is 0.678. The van der Waals surface area contributed by atoms with E-state index in [0.717, 1.165) is 28.1 Å². The molecule has 0 aliphatic carbocycles. The van der Waals surface area contributed by atoms with Crippen LogP contribution in [-0.4, -0.2) is 15.0 Å². The Kier molecular flexibility index (Phi) is 1.80. The lowest BCUT2D eigenvalue weighted by Gasteiger charge is -1.95. The van der Waals surface area contributed by atoms with Crippen molar-refractivity contribution in [2.75, 3.05) is 0 Å². The number of aryl methyl sites for hydroxylation is 1. The maximum Gasteiger partial charge on any atom is 0.246 e. The summed E-state index contributed by atoms with van der Waals surface area (Å²) in [6, 6.07) is 3.93. The number of hydrogen-bond acceptors (Lipinski definition) is 3. The molecule has 0 aliphatic rings. The number of fused-ring (bicyclic) bond motifs is 2. The topological polar surface area (TPSA) is 54.7 Å². The predicted molar refractivity (Wildman–Crippen MR) is 62.5 cm³/mol. The SMILES string of the molecule is Cc1cc2nc3oc(C(C)C)cc3nc2[nH]1. The van der Waals surface area contributed by atoms with Crippen LogP contribution in [0.5, 0.6) is 0 Å². The zero-order chi connectivity index (χ0) is 11.3. The summed E-state index contributed by atoms with van der Waals surface area (Å²) in [7, 11) is 0. The molecule has 0 atom stereocenters. The van der Waals surface area contributed by atoms with E-state index in [9.17, 15) is 0 Å². The third-order valence-corrected chi connectivity index (χ3v) is 2.65. The average Bonchev–Trinajstić information content (AvgIpc) is 2.74. The van der Waals surface area contributed by atoms with E-state index in [1.54, 1.807) is 0 Å². The first-order valence-corrected chi connectivity index (χ1v) is 5.40. The highest BCUT2D eigenvalue weighted by Crippen LogP contribution is 2.24. The Balaban J connectivity index is 2.31. The zero-order valence-corrected chi connectivity index (χ0v) is 9.53. The molecule has 4 nitrogen and oxygen atoms in total. The number of nitrogens with one attached hydrogen (secondary N) is 1. The van der Waals surface area contributed by atoms with Crippen molar-refractivity contribution in [3.63, 3.8) is 0 Å². The Morgan fingerprint density at radius 1 is 1.19 bits per heavy atom. The van der Waals surface area contributed by atoms with Crippen LogP contribution in [0.3, 0.4) is 0 Å². The van der Waals surface area contributed by atoms with E-state index in [-0.39, 0.29) is 0 Å². The maximum absolute atomic E-state index is 5.66. The van der Waals surface area contributed by atoms with Gasteiger partial charge in [-0.15, -0.1) is 0 Å². The van der Waals surface area contributed by atoms with Crippen LogP contribution in [0.1, 0.15) is 31.2 Å². The molecule has 0 saturated heterocycles. The molecular formula is C12H13N3O. The second kappa shape index (κ2) is 3.07. The average molecular weight is 215 g/mol. The molecule has 1 N–H and O–H groups in total. The molecule has 3 rings (SSSR count). The van der Waals surface area contributed by atoms with Crippen LogP contribution in [0.4, 0.5) is 0 Å². The van der Waals surface area contributed by atoms with Crippen LogP contribution < -0.4 is 0 Å². The summed E-state index contributed by atoms with van der Waals surface area (Å²) in [6.07, 6.45) is 0. The molecule has 16 heavy (non-hydrogen) atoms. The fourth-order valence-electron chi connectivity index (χ4n) is 1.80. The molecule has 0 radical (unpaired) electrons. The molecule has 0 bridgehead atoms. The number of hydrogen-bond donors (Lipinski definition) is 1. The van der Waals surface area contributed by atoms with Crippen molar-refractivity contribution in [1.82, 2.24) is 15.0 Å². The maximum atomic E-state index is 5.66. The van der Waals surface area contributed by atoms with Crippen LogP contribution in [0.2, 0.25) is 0 Å². The first kappa shape index (κ1) is 9.39. The molecule has 4 heteroatoms. The van der Waals surface area contributed by atoms with Crippen LogP contribution >= 0.6 is 0 Å². The molecule has 82 valence electrons. The van der Waals surface area contributed by atoms with Gasteiger partial charge < -0.3 is 9.40 Å². The molecule has 0 amide bonds. The van der Waals surface area contributed by atoms with Gasteiger partial charge >= 0.3 is 0 Å². The van der Waals surface area contributed by atoms with E-state index < -0.39 is 0 Å². The van der Waals surface area contributed by atoms with E-state index in [4.69, 9.17) is 4.42 Å². The summed E-state index contributed by atoms with van der Waals surface area (Å²) in [4.78, 5) is 12.1. The van der Waals surface area contributed by atoms with Gasteiger partial charge in [0.1, 0.15) is 16.8 Å². The van der Waals surface area contributed by atoms with E-state index in [1.807, 2.05) is 19.1 Å². The Labute approximate surface area is 92.7 Å². The van der Waals surface area contributed by atoms with Gasteiger partial charge in [-0.1, -0.05) is 13.8 Å². The van der Waals surface area contributed by atoms with Crippen LogP contribution in [0, 0.1) is 6.92 Å². The largest absolute Gasteiger partial charge is 0.441 e. The van der Waals surface area contributed by atoms with Crippen molar-refractivity contribution in [1.29, 1.82) is 0 Å². The fraction of sp³-hybridized carbons (Fsp3) is 0.333. The van der Waals surface area contributed by atoms with Gasteiger partial charge in [0.2, 0.25) is 5.71 Å². The van der Waals surface area contributed by atoms with Gasteiger partial charge in [-0.3, -0.25) is 0 Å². The summed E-state index contributed by atoms with van der Waals surface area (Å²) in [5.74, 6) is 1.29. The Morgan fingerprint density at radius 2 is 2.00 bits per heavy atom. The van der Waals surface area contributed by atoms with Gasteiger partial charge in [-0.2, -0.15) is 0 Å². The molecule has 0 saturated carbocycles. The monoisotopic (exact) mass is 215 g/mol. The van der Waals surface area contributed by atoms with Gasteiger partial charge in [0.15, 0.2) is 5.65 Å². The zero-order valence-electron chi connectivity index (χ0n) is 9.53. The van der Waals surface area contributed by atoms with Gasteiger partial charge in [0.05, 0.1) is 0 Å². The molecule has 3 aromatic heterocycles. The molecule has 0 aromatic carbocycles. The lowest BCUT2D eigenvalue weighted by molar-refractivity contribution is 0.514. The minimum atomic E-state index is 0.357. The minimum Gasteiger partial charge on any atom is -0.441 e. The summed E-state index contributed by atoms with van der Waals surface area (Å²) in [5.41, 5.74) is 4.18. The molecule has 0 spiro atoms. The number of rotatable bonds is 1. The molecule has 0 aliphatic heterocycles. The van der Waals surface area contributed by atoms with E-state index in [1.165, 1.54) is 0 Å². The van der Waals surface area contributed by atoms with E-state index in [2.05, 4.69) is 28.8 Å². The first-order valence-electron chi connectivity index (χ1n) is 5.40.